The SMILES string of the molecule is OCCN1CCN(C(=NC2CCCC2)Nc2cccc(O)c2)CC1. The zero-order valence-electron chi connectivity index (χ0n) is 14.2. The third kappa shape index (κ3) is 4.61. The lowest BCUT2D eigenvalue weighted by molar-refractivity contribution is 0.147. The molecular weight excluding hydrogens is 304 g/mol. The maximum atomic E-state index is 9.69. The number of piperazine rings is 1. The van der Waals surface area contributed by atoms with Crippen molar-refractivity contribution in [2.45, 2.75) is 31.7 Å². The van der Waals surface area contributed by atoms with Gasteiger partial charge in [-0.25, -0.2) is 4.99 Å². The van der Waals surface area contributed by atoms with Crippen molar-refractivity contribution in [2.24, 2.45) is 4.99 Å². The number of benzene rings is 1. The number of guanidine groups is 1. The molecule has 1 saturated heterocycles. The van der Waals surface area contributed by atoms with E-state index in [1.165, 1.54) is 12.8 Å². The maximum absolute atomic E-state index is 9.69. The molecule has 1 aromatic rings. The smallest absolute Gasteiger partial charge is 0.198 e. The molecular formula is C18H28N4O2. The van der Waals surface area contributed by atoms with Gasteiger partial charge in [-0.15, -0.1) is 0 Å². The Hall–Kier alpha value is -1.79. The maximum Gasteiger partial charge on any atom is 0.198 e. The van der Waals surface area contributed by atoms with Gasteiger partial charge in [-0.2, -0.15) is 0 Å². The molecule has 0 spiro atoms. The summed E-state index contributed by atoms with van der Waals surface area (Å²) in [5, 5.41) is 22.2. The van der Waals surface area contributed by atoms with Gasteiger partial charge in [0.2, 0.25) is 0 Å². The van der Waals surface area contributed by atoms with Crippen LogP contribution in [0.25, 0.3) is 0 Å². The number of phenols is 1. The minimum atomic E-state index is 0.213. The third-order valence-electron chi connectivity index (χ3n) is 4.82. The lowest BCUT2D eigenvalue weighted by Gasteiger charge is -2.36. The molecule has 0 radical (unpaired) electrons. The first-order valence-corrected chi connectivity index (χ1v) is 8.96. The molecule has 0 atom stereocenters. The fourth-order valence-corrected chi connectivity index (χ4v) is 3.44. The molecule has 24 heavy (non-hydrogen) atoms. The van der Waals surface area contributed by atoms with E-state index in [1.54, 1.807) is 12.1 Å². The van der Waals surface area contributed by atoms with Crippen molar-refractivity contribution < 1.29 is 10.2 Å². The van der Waals surface area contributed by atoms with Crippen LogP contribution in [0.3, 0.4) is 0 Å². The summed E-state index contributed by atoms with van der Waals surface area (Å²) in [6.07, 6.45) is 4.85. The van der Waals surface area contributed by atoms with E-state index in [2.05, 4.69) is 15.1 Å². The van der Waals surface area contributed by atoms with E-state index >= 15 is 0 Å². The minimum Gasteiger partial charge on any atom is -0.508 e. The average Bonchev–Trinajstić information content (AvgIpc) is 3.08. The van der Waals surface area contributed by atoms with Gasteiger partial charge >= 0.3 is 0 Å². The van der Waals surface area contributed by atoms with Crippen LogP contribution in [0.5, 0.6) is 5.75 Å². The van der Waals surface area contributed by atoms with Crippen molar-refractivity contribution in [2.75, 3.05) is 44.6 Å². The van der Waals surface area contributed by atoms with Gasteiger partial charge in [0.25, 0.3) is 0 Å². The molecule has 0 aromatic heterocycles. The van der Waals surface area contributed by atoms with Gasteiger partial charge in [-0.3, -0.25) is 4.90 Å². The van der Waals surface area contributed by atoms with E-state index in [4.69, 9.17) is 10.1 Å². The zero-order chi connectivity index (χ0) is 16.8. The second kappa shape index (κ2) is 8.35. The first kappa shape index (κ1) is 17.0. The number of hydrogen-bond acceptors (Lipinski definition) is 4. The zero-order valence-corrected chi connectivity index (χ0v) is 14.2. The number of hydrogen-bond donors (Lipinski definition) is 3. The monoisotopic (exact) mass is 332 g/mol. The molecule has 2 aliphatic rings. The lowest BCUT2D eigenvalue weighted by Crippen LogP contribution is -2.51. The van der Waals surface area contributed by atoms with Crippen LogP contribution in [0.15, 0.2) is 29.3 Å². The summed E-state index contributed by atoms with van der Waals surface area (Å²) in [6.45, 7) is 4.63. The molecule has 3 rings (SSSR count). The second-order valence-electron chi connectivity index (χ2n) is 6.62. The van der Waals surface area contributed by atoms with Gasteiger partial charge in [-0.05, 0) is 25.0 Å². The van der Waals surface area contributed by atoms with Gasteiger partial charge in [0, 0.05) is 44.5 Å². The van der Waals surface area contributed by atoms with Crippen LogP contribution in [0.1, 0.15) is 25.7 Å². The van der Waals surface area contributed by atoms with Crippen LogP contribution in [-0.2, 0) is 0 Å². The van der Waals surface area contributed by atoms with Crippen molar-refractivity contribution in [3.8, 4) is 5.75 Å². The number of aliphatic hydroxyl groups is 1. The Morgan fingerprint density at radius 1 is 1.17 bits per heavy atom. The number of aromatic hydroxyl groups is 1. The summed E-state index contributed by atoms with van der Waals surface area (Å²) < 4.78 is 0. The number of phenolic OH excluding ortho intramolecular Hbond substituents is 1. The molecule has 1 heterocycles. The van der Waals surface area contributed by atoms with Crippen molar-refractivity contribution in [1.82, 2.24) is 9.80 Å². The van der Waals surface area contributed by atoms with Crippen molar-refractivity contribution in [3.63, 3.8) is 0 Å². The number of anilines is 1. The van der Waals surface area contributed by atoms with Gasteiger partial charge in [-0.1, -0.05) is 18.9 Å². The molecule has 6 heteroatoms. The normalized spacial score (nSPS) is 20.5. The van der Waals surface area contributed by atoms with Crippen LogP contribution < -0.4 is 5.32 Å². The second-order valence-corrected chi connectivity index (χ2v) is 6.62. The quantitative estimate of drug-likeness (QED) is 0.578. The van der Waals surface area contributed by atoms with Crippen LogP contribution in [-0.4, -0.2) is 71.3 Å². The standard InChI is InChI=1S/C18H28N4O2/c23-13-12-21-8-10-22(11-9-21)18(19-15-4-1-2-5-15)20-16-6-3-7-17(24)14-16/h3,6-7,14-15,23-24H,1-2,4-5,8-13H2,(H,19,20). The van der Waals surface area contributed by atoms with Crippen molar-refractivity contribution in [1.29, 1.82) is 0 Å². The summed E-state index contributed by atoms with van der Waals surface area (Å²) in [4.78, 5) is 9.54. The minimum absolute atomic E-state index is 0.213. The summed E-state index contributed by atoms with van der Waals surface area (Å²) in [5.41, 5.74) is 0.865. The van der Waals surface area contributed by atoms with E-state index in [0.717, 1.165) is 57.2 Å². The Kier molecular flexibility index (Phi) is 5.93. The van der Waals surface area contributed by atoms with Gasteiger partial charge in [0.15, 0.2) is 5.96 Å². The van der Waals surface area contributed by atoms with Crippen LogP contribution in [0, 0.1) is 0 Å². The molecule has 6 nitrogen and oxygen atoms in total. The largest absolute Gasteiger partial charge is 0.508 e. The Labute approximate surface area is 143 Å². The average molecular weight is 332 g/mol. The van der Waals surface area contributed by atoms with E-state index in [1.807, 2.05) is 12.1 Å². The number of aliphatic imine (C=N–C) groups is 1. The van der Waals surface area contributed by atoms with Crippen LogP contribution in [0.2, 0.25) is 0 Å². The predicted molar refractivity (Wildman–Crippen MR) is 96.5 cm³/mol. The predicted octanol–water partition coefficient (Wildman–Crippen LogP) is 1.71. The fraction of sp³-hybridized carbons (Fsp3) is 0.611. The highest BCUT2D eigenvalue weighted by molar-refractivity contribution is 5.94. The molecule has 0 bridgehead atoms. The number of nitrogens with zero attached hydrogens (tertiary/aromatic N) is 3. The summed E-state index contributed by atoms with van der Waals surface area (Å²) in [7, 11) is 0. The molecule has 0 unspecified atom stereocenters. The van der Waals surface area contributed by atoms with E-state index in [-0.39, 0.29) is 12.4 Å². The molecule has 132 valence electrons. The lowest BCUT2D eigenvalue weighted by atomic mass is 10.2. The molecule has 1 aliphatic carbocycles. The van der Waals surface area contributed by atoms with E-state index < -0.39 is 0 Å². The Morgan fingerprint density at radius 2 is 1.92 bits per heavy atom. The molecule has 1 aromatic carbocycles. The molecule has 0 amide bonds. The topological polar surface area (TPSA) is 71.3 Å². The van der Waals surface area contributed by atoms with Crippen molar-refractivity contribution in [3.05, 3.63) is 24.3 Å². The van der Waals surface area contributed by atoms with Gasteiger partial charge in [0.1, 0.15) is 5.75 Å². The highest BCUT2D eigenvalue weighted by Gasteiger charge is 2.22. The van der Waals surface area contributed by atoms with Crippen LogP contribution >= 0.6 is 0 Å². The molecule has 1 aliphatic heterocycles. The Bertz CT molecular complexity index is 550. The number of nitrogens with one attached hydrogen (secondary N) is 1. The first-order valence-electron chi connectivity index (χ1n) is 8.96. The van der Waals surface area contributed by atoms with Gasteiger partial charge in [0.05, 0.1) is 12.6 Å². The molecule has 2 fully saturated rings. The Balaban J connectivity index is 1.70. The van der Waals surface area contributed by atoms with E-state index in [0.29, 0.717) is 6.04 Å². The highest BCUT2D eigenvalue weighted by atomic mass is 16.3. The van der Waals surface area contributed by atoms with E-state index in [9.17, 15) is 5.11 Å². The molecule has 3 N–H and O–H groups in total. The highest BCUT2D eigenvalue weighted by Crippen LogP contribution is 2.22. The summed E-state index contributed by atoms with van der Waals surface area (Å²) in [6, 6.07) is 7.59. The summed E-state index contributed by atoms with van der Waals surface area (Å²) in [5.74, 6) is 1.17. The van der Waals surface area contributed by atoms with Gasteiger partial charge < -0.3 is 20.4 Å². The summed E-state index contributed by atoms with van der Waals surface area (Å²) >= 11 is 0. The Morgan fingerprint density at radius 3 is 2.58 bits per heavy atom. The number of aliphatic hydroxyl groups excluding tert-OH is 1. The number of rotatable bonds is 4. The molecule has 1 saturated carbocycles. The van der Waals surface area contributed by atoms with Crippen molar-refractivity contribution >= 4 is 11.6 Å². The third-order valence-corrected chi connectivity index (χ3v) is 4.82. The first-order chi connectivity index (χ1) is 11.7. The van der Waals surface area contributed by atoms with Crippen LogP contribution in [0.4, 0.5) is 5.69 Å². The fourth-order valence-electron chi connectivity index (χ4n) is 3.44. The number of β-amino-alcohol motifs (C(OH)–C–C–N with tert-alkyl or cyclic N) is 1.